The third-order valence-corrected chi connectivity index (χ3v) is 5.87. The van der Waals surface area contributed by atoms with Gasteiger partial charge in [-0.25, -0.2) is 9.97 Å². The first-order valence-corrected chi connectivity index (χ1v) is 11.9. The summed E-state index contributed by atoms with van der Waals surface area (Å²) < 4.78 is 0. The van der Waals surface area contributed by atoms with E-state index in [0.717, 1.165) is 28.2 Å². The molecule has 1 N–H and O–H groups in total. The van der Waals surface area contributed by atoms with Crippen molar-refractivity contribution in [1.29, 1.82) is 0 Å². The van der Waals surface area contributed by atoms with Crippen LogP contribution >= 0.6 is 11.8 Å². The molecule has 2 heterocycles. The van der Waals surface area contributed by atoms with Crippen molar-refractivity contribution in [2.24, 2.45) is 0 Å². The van der Waals surface area contributed by atoms with E-state index in [0.29, 0.717) is 0 Å². The Morgan fingerprint density at radius 3 is 2.84 bits per heavy atom. The van der Waals surface area contributed by atoms with Gasteiger partial charge in [0.2, 0.25) is 0 Å². The maximum Gasteiger partial charge on any atom is 0.159 e. The second-order valence-corrected chi connectivity index (χ2v) is 8.55. The Labute approximate surface area is 196 Å². The lowest BCUT2D eigenvalue weighted by atomic mass is 9.90. The number of thioether (sulfide) groups is 1. The van der Waals surface area contributed by atoms with Gasteiger partial charge in [-0.3, -0.25) is 5.10 Å². The van der Waals surface area contributed by atoms with Crippen molar-refractivity contribution in [3.8, 4) is 0 Å². The number of rotatable bonds is 6. The SMILES string of the molecule is CC.CC1=C/C(=C/C=C\N(C)C)CC(c2cccc(CSc3ncnc4[nH]ncc34)c2)=C1.[HH]. The minimum Gasteiger partial charge on any atom is -0.383 e. The van der Waals surface area contributed by atoms with Crippen LogP contribution in [0.3, 0.4) is 0 Å². The van der Waals surface area contributed by atoms with Crippen LogP contribution in [0.1, 0.15) is 39.7 Å². The maximum absolute atomic E-state index is 4.42. The van der Waals surface area contributed by atoms with Crippen LogP contribution in [0, 0.1) is 0 Å². The van der Waals surface area contributed by atoms with Gasteiger partial charge < -0.3 is 4.90 Å². The number of nitrogens with one attached hydrogen (secondary N) is 1. The van der Waals surface area contributed by atoms with Gasteiger partial charge in [0.25, 0.3) is 0 Å². The Hall–Kier alpha value is -3.12. The molecule has 6 heteroatoms. The molecule has 0 unspecified atom stereocenters. The molecule has 0 bridgehead atoms. The molecule has 0 radical (unpaired) electrons. The largest absolute Gasteiger partial charge is 0.383 e. The lowest BCUT2D eigenvalue weighted by Crippen LogP contribution is -1.99. The lowest BCUT2D eigenvalue weighted by molar-refractivity contribution is 0.564. The van der Waals surface area contributed by atoms with Crippen LogP contribution < -0.4 is 0 Å². The molecule has 5 nitrogen and oxygen atoms in total. The molecule has 1 aliphatic rings. The predicted molar refractivity (Wildman–Crippen MR) is 138 cm³/mol. The average molecular weight is 448 g/mol. The summed E-state index contributed by atoms with van der Waals surface area (Å²) in [5.74, 6) is 0.849. The van der Waals surface area contributed by atoms with E-state index in [1.807, 2.05) is 32.8 Å². The van der Waals surface area contributed by atoms with Gasteiger partial charge >= 0.3 is 0 Å². The minimum absolute atomic E-state index is 0. The van der Waals surface area contributed by atoms with Gasteiger partial charge in [0.15, 0.2) is 5.65 Å². The topological polar surface area (TPSA) is 57.7 Å². The number of nitrogens with zero attached hydrogens (tertiary/aromatic N) is 4. The molecule has 1 aliphatic carbocycles. The predicted octanol–water partition coefficient (Wildman–Crippen LogP) is 6.65. The summed E-state index contributed by atoms with van der Waals surface area (Å²) in [4.78, 5) is 10.7. The normalized spacial score (nSPS) is 14.8. The number of hydrogen-bond acceptors (Lipinski definition) is 5. The summed E-state index contributed by atoms with van der Waals surface area (Å²) in [5, 5.41) is 8.89. The van der Waals surface area contributed by atoms with E-state index in [2.05, 4.69) is 81.9 Å². The fraction of sp³-hybridized carbons (Fsp3) is 0.269. The fourth-order valence-corrected chi connectivity index (χ4v) is 4.34. The monoisotopic (exact) mass is 447 g/mol. The van der Waals surface area contributed by atoms with E-state index in [9.17, 15) is 0 Å². The molecular weight excluding hydrogens is 414 g/mol. The zero-order valence-corrected chi connectivity index (χ0v) is 20.3. The molecule has 0 spiro atoms. The van der Waals surface area contributed by atoms with Crippen LogP contribution in [0.4, 0.5) is 0 Å². The summed E-state index contributed by atoms with van der Waals surface area (Å²) in [5.41, 5.74) is 7.29. The van der Waals surface area contributed by atoms with Crippen LogP contribution in [0.5, 0.6) is 0 Å². The number of fused-ring (bicyclic) bond motifs is 1. The van der Waals surface area contributed by atoms with Gasteiger partial charge in [-0.05, 0) is 47.9 Å². The quantitative estimate of drug-likeness (QED) is 0.338. The summed E-state index contributed by atoms with van der Waals surface area (Å²) in [6.45, 7) is 6.16. The molecule has 0 aliphatic heterocycles. The van der Waals surface area contributed by atoms with E-state index in [1.165, 1.54) is 27.8 Å². The van der Waals surface area contributed by atoms with E-state index in [-0.39, 0.29) is 1.43 Å². The number of aromatic nitrogens is 4. The third kappa shape index (κ3) is 6.20. The molecule has 2 aromatic heterocycles. The zero-order valence-electron chi connectivity index (χ0n) is 19.5. The Balaban J connectivity index is 0.00000125. The summed E-state index contributed by atoms with van der Waals surface area (Å²) in [6, 6.07) is 8.80. The molecule has 0 saturated heterocycles. The van der Waals surface area contributed by atoms with Crippen LogP contribution in [0.2, 0.25) is 0 Å². The van der Waals surface area contributed by atoms with Crippen molar-refractivity contribution in [1.82, 2.24) is 25.1 Å². The smallest absolute Gasteiger partial charge is 0.159 e. The van der Waals surface area contributed by atoms with Crippen LogP contribution in [0.15, 0.2) is 83.5 Å². The van der Waals surface area contributed by atoms with Crippen molar-refractivity contribution in [2.45, 2.75) is 38.0 Å². The summed E-state index contributed by atoms with van der Waals surface area (Å²) >= 11 is 1.71. The van der Waals surface area contributed by atoms with Gasteiger partial charge in [0.1, 0.15) is 11.4 Å². The average Bonchev–Trinajstić information content (AvgIpc) is 3.28. The first-order chi connectivity index (χ1) is 15.6. The van der Waals surface area contributed by atoms with Crippen molar-refractivity contribution in [2.75, 3.05) is 14.1 Å². The van der Waals surface area contributed by atoms with E-state index in [1.54, 1.807) is 24.3 Å². The molecule has 4 rings (SSSR count). The highest BCUT2D eigenvalue weighted by Gasteiger charge is 2.11. The second-order valence-electron chi connectivity index (χ2n) is 7.58. The van der Waals surface area contributed by atoms with Crippen molar-refractivity contribution < 1.29 is 1.43 Å². The molecular formula is C26H33N5S. The highest BCUT2D eigenvalue weighted by molar-refractivity contribution is 7.98. The molecule has 1 aromatic carbocycles. The Kier molecular flexibility index (Phi) is 8.45. The second kappa shape index (κ2) is 11.5. The number of H-pyrrole nitrogens is 1. The minimum atomic E-state index is 0. The molecule has 32 heavy (non-hydrogen) atoms. The van der Waals surface area contributed by atoms with Crippen molar-refractivity contribution >= 4 is 28.4 Å². The van der Waals surface area contributed by atoms with Crippen molar-refractivity contribution in [3.05, 3.63) is 89.6 Å². The van der Waals surface area contributed by atoms with E-state index >= 15 is 0 Å². The Morgan fingerprint density at radius 2 is 2.03 bits per heavy atom. The molecule has 0 saturated carbocycles. The highest BCUT2D eigenvalue weighted by Crippen LogP contribution is 2.32. The van der Waals surface area contributed by atoms with Gasteiger partial charge in [0, 0.05) is 21.3 Å². The number of hydrogen-bond donors (Lipinski definition) is 1. The van der Waals surface area contributed by atoms with Gasteiger partial charge in [-0.15, -0.1) is 11.8 Å². The van der Waals surface area contributed by atoms with Crippen LogP contribution in [-0.2, 0) is 5.75 Å². The summed E-state index contributed by atoms with van der Waals surface area (Å²) in [7, 11) is 4.07. The molecule has 168 valence electrons. The maximum atomic E-state index is 4.42. The fourth-order valence-electron chi connectivity index (χ4n) is 3.43. The Morgan fingerprint density at radius 1 is 1.19 bits per heavy atom. The van der Waals surface area contributed by atoms with Gasteiger partial charge in [0.05, 0.1) is 11.6 Å². The van der Waals surface area contributed by atoms with Crippen molar-refractivity contribution in [3.63, 3.8) is 0 Å². The third-order valence-electron chi connectivity index (χ3n) is 4.79. The number of benzene rings is 1. The summed E-state index contributed by atoms with van der Waals surface area (Å²) in [6.07, 6.45) is 15.2. The zero-order chi connectivity index (χ0) is 22.9. The highest BCUT2D eigenvalue weighted by atomic mass is 32.2. The first kappa shape index (κ1) is 23.5. The number of aromatic amines is 1. The Bertz CT molecular complexity index is 1170. The van der Waals surface area contributed by atoms with Crippen LogP contribution in [-0.4, -0.2) is 39.2 Å². The van der Waals surface area contributed by atoms with E-state index < -0.39 is 0 Å². The van der Waals surface area contributed by atoms with E-state index in [4.69, 9.17) is 0 Å². The standard InChI is InChI=1S/C24H25N5S.C2H6.H2/c1-17-10-18(7-5-9-29(2)3)12-21(11-17)20-8-4-6-19(13-20)15-30-24-22-14-27-28-23(22)25-16-26-24;1-2;/h4-11,13-14,16H,12,15H2,1-3H3,(H,25,26,27,28);1-2H3;1H/b9-5-,18-7-;;. The van der Waals surface area contributed by atoms with Gasteiger partial charge in [-0.1, -0.05) is 61.9 Å². The number of allylic oxidation sites excluding steroid dienone is 7. The molecule has 0 fully saturated rings. The molecule has 0 amide bonds. The molecule has 3 aromatic rings. The van der Waals surface area contributed by atoms with Gasteiger partial charge in [-0.2, -0.15) is 5.10 Å². The first-order valence-electron chi connectivity index (χ1n) is 10.9. The lowest BCUT2D eigenvalue weighted by Gasteiger charge is -2.16. The van der Waals surface area contributed by atoms with Crippen LogP contribution in [0.25, 0.3) is 16.6 Å². The molecule has 0 atom stereocenters.